The van der Waals surface area contributed by atoms with Crippen LogP contribution in [0.1, 0.15) is 25.5 Å². The number of hydrogen-bond acceptors (Lipinski definition) is 6. The Balaban J connectivity index is 1.53. The Labute approximate surface area is 160 Å². The number of nitrogens with one attached hydrogen (secondary N) is 3. The molecular weight excluding hydrogens is 368 g/mol. The van der Waals surface area contributed by atoms with E-state index < -0.39 is 17.7 Å². The van der Waals surface area contributed by atoms with Gasteiger partial charge in [0.05, 0.1) is 24.3 Å². The van der Waals surface area contributed by atoms with Crippen molar-refractivity contribution in [2.24, 2.45) is 0 Å². The van der Waals surface area contributed by atoms with Crippen molar-refractivity contribution >= 4 is 29.1 Å². The first kappa shape index (κ1) is 18.8. The SMILES string of the molecule is CCOc1ccccc1-c1nc(CC(=O)NNC(=O)C(=O)NC2CC2)cs1. The highest BCUT2D eigenvalue weighted by Gasteiger charge is 2.26. The predicted molar refractivity (Wildman–Crippen MR) is 99.9 cm³/mol. The molecule has 0 saturated heterocycles. The molecule has 0 atom stereocenters. The fraction of sp³-hybridized carbons (Fsp3) is 0.333. The molecule has 1 saturated carbocycles. The zero-order valence-corrected chi connectivity index (χ0v) is 15.6. The van der Waals surface area contributed by atoms with E-state index in [0.29, 0.717) is 12.3 Å². The van der Waals surface area contributed by atoms with Crippen LogP contribution in [0.15, 0.2) is 29.6 Å². The van der Waals surface area contributed by atoms with Crippen molar-refractivity contribution in [2.75, 3.05) is 6.61 Å². The van der Waals surface area contributed by atoms with Crippen LogP contribution in [0.2, 0.25) is 0 Å². The lowest BCUT2D eigenvalue weighted by atomic mass is 10.2. The summed E-state index contributed by atoms with van der Waals surface area (Å²) in [6.45, 7) is 2.46. The van der Waals surface area contributed by atoms with Crippen LogP contribution >= 0.6 is 11.3 Å². The maximum atomic E-state index is 12.0. The summed E-state index contributed by atoms with van der Waals surface area (Å²) in [5.74, 6) is -1.36. The highest BCUT2D eigenvalue weighted by molar-refractivity contribution is 7.13. The first-order chi connectivity index (χ1) is 13.1. The van der Waals surface area contributed by atoms with Crippen molar-refractivity contribution in [2.45, 2.75) is 32.2 Å². The number of ether oxygens (including phenoxy) is 1. The fourth-order valence-corrected chi connectivity index (χ4v) is 3.16. The topological polar surface area (TPSA) is 109 Å². The van der Waals surface area contributed by atoms with Crippen LogP contribution in [0.4, 0.5) is 0 Å². The average molecular weight is 388 g/mol. The van der Waals surface area contributed by atoms with Crippen molar-refractivity contribution in [1.82, 2.24) is 21.2 Å². The molecular formula is C18H20N4O4S. The second-order valence-electron chi connectivity index (χ2n) is 6.00. The van der Waals surface area contributed by atoms with E-state index in [1.165, 1.54) is 11.3 Å². The predicted octanol–water partition coefficient (Wildman–Crippen LogP) is 1.18. The van der Waals surface area contributed by atoms with Crippen molar-refractivity contribution < 1.29 is 19.1 Å². The molecule has 0 unspecified atom stereocenters. The summed E-state index contributed by atoms with van der Waals surface area (Å²) < 4.78 is 5.60. The Morgan fingerprint density at radius 2 is 1.96 bits per heavy atom. The van der Waals surface area contributed by atoms with Gasteiger partial charge in [0.2, 0.25) is 5.91 Å². The van der Waals surface area contributed by atoms with Crippen LogP contribution in [0.5, 0.6) is 5.75 Å². The average Bonchev–Trinajstić information content (AvgIpc) is 3.36. The summed E-state index contributed by atoms with van der Waals surface area (Å²) in [5, 5.41) is 5.06. The molecule has 0 spiro atoms. The Kier molecular flexibility index (Phi) is 6.02. The molecule has 3 rings (SSSR count). The lowest BCUT2D eigenvalue weighted by Gasteiger charge is -2.07. The number of hydrogen-bond donors (Lipinski definition) is 3. The minimum absolute atomic E-state index is 0.0160. The molecule has 3 amide bonds. The van der Waals surface area contributed by atoms with Gasteiger partial charge in [0, 0.05) is 11.4 Å². The third-order valence-electron chi connectivity index (χ3n) is 3.74. The Morgan fingerprint density at radius 3 is 2.70 bits per heavy atom. The van der Waals surface area contributed by atoms with E-state index in [1.54, 1.807) is 5.38 Å². The minimum Gasteiger partial charge on any atom is -0.493 e. The van der Waals surface area contributed by atoms with Crippen LogP contribution < -0.4 is 20.9 Å². The highest BCUT2D eigenvalue weighted by atomic mass is 32.1. The van der Waals surface area contributed by atoms with Crippen molar-refractivity contribution in [3.63, 3.8) is 0 Å². The third kappa shape index (κ3) is 5.27. The van der Waals surface area contributed by atoms with Gasteiger partial charge >= 0.3 is 11.8 Å². The number of rotatable bonds is 6. The molecule has 1 heterocycles. The van der Waals surface area contributed by atoms with Gasteiger partial charge in [-0.1, -0.05) is 12.1 Å². The van der Waals surface area contributed by atoms with Gasteiger partial charge in [-0.25, -0.2) is 4.98 Å². The Hall–Kier alpha value is -2.94. The van der Waals surface area contributed by atoms with Crippen molar-refractivity contribution in [3.05, 3.63) is 35.3 Å². The molecule has 1 aliphatic rings. The van der Waals surface area contributed by atoms with Gasteiger partial charge in [-0.2, -0.15) is 0 Å². The van der Waals surface area contributed by atoms with Gasteiger partial charge in [-0.05, 0) is 31.9 Å². The number of carbonyl (C=O) groups excluding carboxylic acids is 3. The van der Waals surface area contributed by atoms with Crippen LogP contribution in [0.3, 0.4) is 0 Å². The number of carbonyl (C=O) groups is 3. The number of nitrogens with zero attached hydrogens (tertiary/aromatic N) is 1. The largest absolute Gasteiger partial charge is 0.493 e. The quantitative estimate of drug-likeness (QED) is 0.508. The number of benzene rings is 1. The molecule has 8 nitrogen and oxygen atoms in total. The first-order valence-electron chi connectivity index (χ1n) is 8.63. The summed E-state index contributed by atoms with van der Waals surface area (Å²) >= 11 is 1.41. The summed E-state index contributed by atoms with van der Waals surface area (Å²) in [7, 11) is 0. The zero-order chi connectivity index (χ0) is 19.2. The highest BCUT2D eigenvalue weighted by Crippen LogP contribution is 2.32. The van der Waals surface area contributed by atoms with Gasteiger partial charge in [0.25, 0.3) is 0 Å². The zero-order valence-electron chi connectivity index (χ0n) is 14.8. The molecule has 9 heteroatoms. The molecule has 1 fully saturated rings. The van der Waals surface area contributed by atoms with E-state index >= 15 is 0 Å². The van der Waals surface area contributed by atoms with Gasteiger partial charge in [0.1, 0.15) is 10.8 Å². The van der Waals surface area contributed by atoms with E-state index in [0.717, 1.165) is 29.2 Å². The maximum absolute atomic E-state index is 12.0. The lowest BCUT2D eigenvalue weighted by molar-refractivity contribution is -0.140. The summed E-state index contributed by atoms with van der Waals surface area (Å²) in [4.78, 5) is 39.5. The van der Waals surface area contributed by atoms with Crippen molar-refractivity contribution in [3.8, 4) is 16.3 Å². The smallest absolute Gasteiger partial charge is 0.327 e. The van der Waals surface area contributed by atoms with Crippen LogP contribution in [-0.4, -0.2) is 35.4 Å². The normalized spacial score (nSPS) is 12.9. The molecule has 1 aliphatic carbocycles. The third-order valence-corrected chi connectivity index (χ3v) is 4.67. The summed E-state index contributed by atoms with van der Waals surface area (Å²) in [6.07, 6.45) is 1.74. The molecule has 1 aromatic carbocycles. The number of para-hydroxylation sites is 1. The summed E-state index contributed by atoms with van der Waals surface area (Å²) in [6, 6.07) is 7.64. The standard InChI is InChI=1S/C18H20N4O4S/c1-2-26-14-6-4-3-5-13(14)18-20-12(10-27-18)9-15(23)21-22-17(25)16(24)19-11-7-8-11/h3-6,10-11H,2,7-9H2,1H3,(H,19,24)(H,21,23)(H,22,25). The van der Waals surface area contributed by atoms with Gasteiger partial charge in [-0.3, -0.25) is 25.2 Å². The molecule has 142 valence electrons. The molecule has 3 N–H and O–H groups in total. The van der Waals surface area contributed by atoms with E-state index in [1.807, 2.05) is 31.2 Å². The molecule has 0 radical (unpaired) electrons. The Bertz CT molecular complexity index is 847. The minimum atomic E-state index is -0.889. The number of thiazole rings is 1. The van der Waals surface area contributed by atoms with Crippen LogP contribution in [-0.2, 0) is 20.8 Å². The number of hydrazine groups is 1. The number of aromatic nitrogens is 1. The van der Waals surface area contributed by atoms with Gasteiger partial charge in [-0.15, -0.1) is 11.3 Å². The van der Waals surface area contributed by atoms with E-state index in [9.17, 15) is 14.4 Å². The van der Waals surface area contributed by atoms with Gasteiger partial charge in [0.15, 0.2) is 0 Å². The lowest BCUT2D eigenvalue weighted by Crippen LogP contribution is -2.49. The molecule has 1 aromatic heterocycles. The monoisotopic (exact) mass is 388 g/mol. The Morgan fingerprint density at radius 1 is 1.19 bits per heavy atom. The van der Waals surface area contributed by atoms with Gasteiger partial charge < -0.3 is 10.1 Å². The van der Waals surface area contributed by atoms with E-state index in [-0.39, 0.29) is 12.5 Å². The van der Waals surface area contributed by atoms with Crippen LogP contribution in [0.25, 0.3) is 10.6 Å². The second kappa shape index (κ2) is 8.63. The number of amides is 3. The second-order valence-corrected chi connectivity index (χ2v) is 6.86. The fourth-order valence-electron chi connectivity index (χ4n) is 2.31. The molecule has 0 aliphatic heterocycles. The molecule has 0 bridgehead atoms. The van der Waals surface area contributed by atoms with E-state index in [2.05, 4.69) is 21.2 Å². The molecule has 2 aromatic rings. The summed E-state index contributed by atoms with van der Waals surface area (Å²) in [5.41, 5.74) is 5.76. The van der Waals surface area contributed by atoms with Crippen molar-refractivity contribution in [1.29, 1.82) is 0 Å². The molecule has 27 heavy (non-hydrogen) atoms. The maximum Gasteiger partial charge on any atom is 0.327 e. The van der Waals surface area contributed by atoms with Crippen LogP contribution in [0, 0.1) is 0 Å². The first-order valence-corrected chi connectivity index (χ1v) is 9.51. The van der Waals surface area contributed by atoms with E-state index in [4.69, 9.17) is 4.74 Å².